The summed E-state index contributed by atoms with van der Waals surface area (Å²) >= 11 is 12.2. The van der Waals surface area contributed by atoms with Gasteiger partial charge >= 0.3 is 37.7 Å². The number of anilines is 1. The van der Waals surface area contributed by atoms with Crippen LogP contribution in [0.2, 0.25) is 10.0 Å². The van der Waals surface area contributed by atoms with Crippen LogP contribution in [0, 0.1) is 13.8 Å². The molecule has 0 fully saturated rings. The number of aromatic hydroxyl groups is 1. The molecule has 368 valence electrons. The van der Waals surface area contributed by atoms with Gasteiger partial charge in [0.2, 0.25) is 0 Å². The van der Waals surface area contributed by atoms with Crippen LogP contribution in [0.4, 0.5) is 34.1 Å². The molecule has 0 saturated carbocycles. The van der Waals surface area contributed by atoms with Gasteiger partial charge in [0.05, 0.1) is 41.2 Å². The second kappa shape index (κ2) is 23.4. The van der Waals surface area contributed by atoms with Gasteiger partial charge in [0.1, 0.15) is 38.4 Å². The van der Waals surface area contributed by atoms with Gasteiger partial charge in [0.15, 0.2) is 5.75 Å². The fraction of sp³-hybridized carbons (Fsp3) is 0.0800. The van der Waals surface area contributed by atoms with Gasteiger partial charge in [-0.25, -0.2) is 0 Å². The molecule has 0 atom stereocenters. The molecule has 8 aromatic carbocycles. The Morgan fingerprint density at radius 2 is 1.10 bits per heavy atom. The van der Waals surface area contributed by atoms with Crippen molar-refractivity contribution in [1.82, 2.24) is 0 Å². The summed E-state index contributed by atoms with van der Waals surface area (Å²) in [5.41, 5.74) is 0.446. The number of phenols is 1. The quantitative estimate of drug-likeness (QED) is 0.0292. The Balaban J connectivity index is 0.000000235. The average Bonchev–Trinajstić information content (AvgIpc) is 3.34. The van der Waals surface area contributed by atoms with Crippen molar-refractivity contribution >= 4 is 149 Å². The third kappa shape index (κ3) is 12.7. The van der Waals surface area contributed by atoms with Crippen LogP contribution in [0.1, 0.15) is 27.0 Å². The predicted molar refractivity (Wildman–Crippen MR) is 275 cm³/mol. The maximum Gasteiger partial charge on any atom is 2.00 e. The zero-order chi connectivity index (χ0) is 52.1. The van der Waals surface area contributed by atoms with Gasteiger partial charge in [-0.05, 0) is 95.7 Å². The number of rotatable bonds is 12. The Hall–Kier alpha value is -6.72. The molecule has 0 heterocycles. The average molecular weight is 1090 g/mol. The number of amides is 1. The van der Waals surface area contributed by atoms with Gasteiger partial charge in [0, 0.05) is 28.6 Å². The number of carbonyl (C=O) groups excluding carboxylic acids is 1. The number of hydrogen-bond acceptors (Lipinski definition) is 15. The molecule has 0 saturated heterocycles. The maximum absolute atomic E-state index is 13.3. The van der Waals surface area contributed by atoms with Crippen LogP contribution in [-0.2, 0) is 20.2 Å². The standard InChI is InChI=1S/2C25H20ClN3O6S.Ca/c2*1-14-10-11-20(24(21(14)26)36(32,33)34)28-29-22-18-9-4-3-6-15(18)12-19(23(22)30)25(31)27-16-7-5-8-17(13-16)35-2;/h2*3-13,30H,1-2H3,(H,27,31)(H,32,33,34);/q;;+2/p-2. The van der Waals surface area contributed by atoms with E-state index in [0.29, 0.717) is 55.5 Å². The van der Waals surface area contributed by atoms with Crippen LogP contribution in [0.15, 0.2) is 169 Å². The first-order valence-electron chi connectivity index (χ1n) is 20.9. The van der Waals surface area contributed by atoms with Crippen LogP contribution in [0.25, 0.3) is 21.5 Å². The van der Waals surface area contributed by atoms with Crippen molar-refractivity contribution in [1.29, 1.82) is 0 Å². The first-order chi connectivity index (χ1) is 34.2. The summed E-state index contributed by atoms with van der Waals surface area (Å²) in [4.78, 5) is 15.8. The maximum atomic E-state index is 13.3. The molecule has 23 heteroatoms. The van der Waals surface area contributed by atoms with Crippen LogP contribution >= 0.6 is 23.2 Å². The molecule has 1 amide bonds. The fourth-order valence-corrected chi connectivity index (χ4v) is 9.49. The minimum atomic E-state index is -4.75. The Bertz CT molecular complexity index is 3790. The third-order valence-electron chi connectivity index (χ3n) is 10.6. The number of azo groups is 2. The Morgan fingerprint density at radius 1 is 0.616 bits per heavy atom. The number of halogens is 2. The molecular formula is C50H38CaCl2N6O12S2. The molecule has 18 nitrogen and oxygen atoms in total. The molecule has 8 rings (SSSR count). The monoisotopic (exact) mass is 1090 g/mol. The van der Waals surface area contributed by atoms with E-state index in [-0.39, 0.29) is 81.7 Å². The number of benzene rings is 8. The molecule has 0 radical (unpaired) electrons. The first-order valence-corrected chi connectivity index (χ1v) is 24.5. The van der Waals surface area contributed by atoms with Crippen molar-refractivity contribution in [2.24, 2.45) is 25.4 Å². The number of aliphatic imine (C=N–C) groups is 1. The normalized spacial score (nSPS) is 11.9. The number of nitrogens with one attached hydrogen (secondary N) is 1. The van der Waals surface area contributed by atoms with E-state index in [1.165, 1.54) is 50.6 Å². The molecular weight excluding hydrogens is 1050 g/mol. The fourth-order valence-electron chi connectivity index (χ4n) is 7.06. The molecule has 0 bridgehead atoms. The van der Waals surface area contributed by atoms with Gasteiger partial charge in [-0.1, -0.05) is 102 Å². The number of hydrogen-bond donors (Lipinski definition) is 4. The minimum Gasteiger partial charge on any atom is -0.871 e. The number of methoxy groups -OCH3 is 2. The Labute approximate surface area is 457 Å². The smallest absolute Gasteiger partial charge is 0.871 e. The van der Waals surface area contributed by atoms with Crippen molar-refractivity contribution in [3.05, 3.63) is 166 Å². The van der Waals surface area contributed by atoms with Crippen molar-refractivity contribution in [3.8, 4) is 23.0 Å². The predicted octanol–water partition coefficient (Wildman–Crippen LogP) is 11.0. The zero-order valence-electron chi connectivity index (χ0n) is 38.7. The molecule has 0 aliphatic carbocycles. The van der Waals surface area contributed by atoms with Crippen LogP contribution < -0.4 is 25.0 Å². The van der Waals surface area contributed by atoms with E-state index in [9.17, 15) is 46.1 Å². The molecule has 8 aromatic rings. The number of ether oxygens (including phenoxy) is 2. The molecule has 73 heavy (non-hydrogen) atoms. The SMILES string of the molecule is COc1cccc(N=C([O-])c2cc3ccccc3c(N=Nc3ccc(C)c(Cl)c3S(=O)(=O)O)c2[O-])c1.COc1cccc(NC(=O)c2cc3ccccc3c(N=Nc3ccc(C)c(Cl)c3S(=O)(=O)O)c2O)c1.[Ca+2]. The summed E-state index contributed by atoms with van der Waals surface area (Å²) in [6, 6.07) is 35.3. The van der Waals surface area contributed by atoms with E-state index < -0.39 is 53.3 Å². The first kappa shape index (κ1) is 55.6. The number of phenolic OH excluding ortho intramolecular Hbond substituents is 1. The van der Waals surface area contributed by atoms with Crippen molar-refractivity contribution in [3.63, 3.8) is 0 Å². The zero-order valence-corrected chi connectivity index (χ0v) is 44.1. The van der Waals surface area contributed by atoms with Gasteiger partial charge in [-0.3, -0.25) is 18.9 Å². The van der Waals surface area contributed by atoms with E-state index in [2.05, 4.69) is 30.8 Å². The summed E-state index contributed by atoms with van der Waals surface area (Å²) in [5.74, 6) is -1.60. The van der Waals surface area contributed by atoms with Crippen LogP contribution in [0.5, 0.6) is 23.0 Å². The molecule has 0 spiro atoms. The van der Waals surface area contributed by atoms with Gasteiger partial charge in [0.25, 0.3) is 26.1 Å². The van der Waals surface area contributed by atoms with Gasteiger partial charge < -0.3 is 30.1 Å². The molecule has 0 unspecified atom stereocenters. The van der Waals surface area contributed by atoms with Crippen LogP contribution in [0.3, 0.4) is 0 Å². The summed E-state index contributed by atoms with van der Waals surface area (Å²) in [6.07, 6.45) is 0. The van der Waals surface area contributed by atoms with Crippen molar-refractivity contribution in [2.75, 3.05) is 19.5 Å². The van der Waals surface area contributed by atoms with E-state index in [0.717, 1.165) is 0 Å². The molecule has 0 aromatic heterocycles. The number of fused-ring (bicyclic) bond motifs is 2. The van der Waals surface area contributed by atoms with Crippen molar-refractivity contribution < 1.29 is 55.5 Å². The second-order valence-corrected chi connectivity index (χ2v) is 18.9. The van der Waals surface area contributed by atoms with E-state index in [4.69, 9.17) is 32.7 Å². The molecule has 0 aliphatic rings. The van der Waals surface area contributed by atoms with E-state index in [1.807, 2.05) is 0 Å². The minimum absolute atomic E-state index is 0. The Kier molecular flexibility index (Phi) is 17.8. The summed E-state index contributed by atoms with van der Waals surface area (Å²) in [5, 5.41) is 57.4. The number of carbonyl (C=O) groups is 1. The van der Waals surface area contributed by atoms with E-state index >= 15 is 0 Å². The number of nitrogens with zero attached hydrogens (tertiary/aromatic N) is 5. The second-order valence-electron chi connectivity index (χ2n) is 15.4. The third-order valence-corrected chi connectivity index (χ3v) is 13.7. The Morgan fingerprint density at radius 3 is 1.63 bits per heavy atom. The van der Waals surface area contributed by atoms with Gasteiger partial charge in [-0.15, -0.1) is 15.3 Å². The van der Waals surface area contributed by atoms with E-state index in [1.54, 1.807) is 111 Å². The largest absolute Gasteiger partial charge is 2.00 e. The van der Waals surface area contributed by atoms with Crippen molar-refractivity contribution in [2.45, 2.75) is 23.6 Å². The summed E-state index contributed by atoms with van der Waals surface area (Å²) in [6.45, 7) is 3.13. The topological polar surface area (TPSA) is 284 Å². The van der Waals surface area contributed by atoms with Crippen LogP contribution in [-0.4, -0.2) is 94.8 Å². The number of aryl methyl sites for hydroxylation is 2. The summed E-state index contributed by atoms with van der Waals surface area (Å²) < 4.78 is 77.3. The molecule has 0 aliphatic heterocycles. The van der Waals surface area contributed by atoms with Gasteiger partial charge in [-0.2, -0.15) is 21.9 Å². The molecule has 4 N–H and O–H groups in total. The summed E-state index contributed by atoms with van der Waals surface area (Å²) in [7, 11) is -6.50.